The minimum Gasteiger partial charge on any atom is -0.377 e. The number of hydrogen-bond donors (Lipinski definition) is 2. The summed E-state index contributed by atoms with van der Waals surface area (Å²) in [7, 11) is -3.71. The summed E-state index contributed by atoms with van der Waals surface area (Å²) in [5.41, 5.74) is 2.79. The molecule has 1 amide bonds. The Morgan fingerprint density at radius 1 is 1.13 bits per heavy atom. The molecule has 4 rings (SSSR count). The summed E-state index contributed by atoms with van der Waals surface area (Å²) in [5, 5.41) is 3.11. The Balaban J connectivity index is 1.48. The molecule has 0 radical (unpaired) electrons. The van der Waals surface area contributed by atoms with E-state index in [9.17, 15) is 13.2 Å². The van der Waals surface area contributed by atoms with Gasteiger partial charge < -0.3 is 10.1 Å². The average molecular weight is 443 g/mol. The fourth-order valence-corrected chi connectivity index (χ4v) is 5.61. The standard InChI is InChI=1S/C24H30N2O4S/c1-24(2)13-12-22(20-10-3-4-11-21(20)24)26-23(27)17-7-5-9-19(15-17)31(28,29)25-16-18-8-6-14-30-18/h3-5,7,9-11,15,18,22,25H,6,8,12-14,16H2,1-2H3,(H,26,27). The number of hydrogen-bond acceptors (Lipinski definition) is 4. The first-order valence-electron chi connectivity index (χ1n) is 10.9. The number of sulfonamides is 1. The molecule has 2 atom stereocenters. The molecule has 166 valence electrons. The monoisotopic (exact) mass is 442 g/mol. The summed E-state index contributed by atoms with van der Waals surface area (Å²) in [6, 6.07) is 14.3. The van der Waals surface area contributed by atoms with Crippen LogP contribution in [0.1, 0.15) is 67.1 Å². The normalized spacial score (nSPS) is 22.6. The molecule has 1 aliphatic carbocycles. The lowest BCUT2D eigenvalue weighted by atomic mass is 9.71. The van der Waals surface area contributed by atoms with Crippen molar-refractivity contribution in [3.05, 3.63) is 65.2 Å². The second kappa shape index (κ2) is 8.73. The maximum atomic E-state index is 13.0. The molecule has 0 spiro atoms. The molecule has 6 nitrogen and oxygen atoms in total. The van der Waals surface area contributed by atoms with E-state index in [4.69, 9.17) is 4.74 Å². The van der Waals surface area contributed by atoms with Gasteiger partial charge in [-0.3, -0.25) is 4.79 Å². The van der Waals surface area contributed by atoms with Crippen LogP contribution in [0.15, 0.2) is 53.4 Å². The Labute approximate surface area is 184 Å². The van der Waals surface area contributed by atoms with Gasteiger partial charge in [0.15, 0.2) is 0 Å². The van der Waals surface area contributed by atoms with Gasteiger partial charge in [0, 0.05) is 18.7 Å². The third-order valence-electron chi connectivity index (χ3n) is 6.36. The molecule has 31 heavy (non-hydrogen) atoms. The first kappa shape index (κ1) is 22.0. The van der Waals surface area contributed by atoms with Crippen LogP contribution in [0.25, 0.3) is 0 Å². The first-order valence-corrected chi connectivity index (χ1v) is 12.4. The largest absolute Gasteiger partial charge is 0.377 e. The van der Waals surface area contributed by atoms with Crippen LogP contribution in [0.3, 0.4) is 0 Å². The van der Waals surface area contributed by atoms with Gasteiger partial charge in [0.2, 0.25) is 10.0 Å². The van der Waals surface area contributed by atoms with Crippen LogP contribution in [-0.2, 0) is 20.2 Å². The lowest BCUT2D eigenvalue weighted by Gasteiger charge is -2.37. The lowest BCUT2D eigenvalue weighted by molar-refractivity contribution is 0.0929. The molecule has 7 heteroatoms. The smallest absolute Gasteiger partial charge is 0.251 e. The molecule has 0 bridgehead atoms. The average Bonchev–Trinajstić information content (AvgIpc) is 3.28. The number of fused-ring (bicyclic) bond motifs is 1. The van der Waals surface area contributed by atoms with Crippen LogP contribution >= 0.6 is 0 Å². The van der Waals surface area contributed by atoms with E-state index in [2.05, 4.69) is 36.0 Å². The summed E-state index contributed by atoms with van der Waals surface area (Å²) >= 11 is 0. The maximum absolute atomic E-state index is 13.0. The first-order chi connectivity index (χ1) is 14.8. The van der Waals surface area contributed by atoms with Gasteiger partial charge in [-0.15, -0.1) is 0 Å². The van der Waals surface area contributed by atoms with Crippen molar-refractivity contribution >= 4 is 15.9 Å². The van der Waals surface area contributed by atoms with Crippen LogP contribution < -0.4 is 10.0 Å². The van der Waals surface area contributed by atoms with Crippen molar-refractivity contribution in [2.75, 3.05) is 13.2 Å². The molecule has 2 aliphatic rings. The Kier molecular flexibility index (Phi) is 6.19. The fourth-order valence-electron chi connectivity index (χ4n) is 4.50. The zero-order chi connectivity index (χ0) is 22.1. The predicted molar refractivity (Wildman–Crippen MR) is 120 cm³/mol. The number of ether oxygens (including phenoxy) is 1. The molecule has 1 saturated heterocycles. The van der Waals surface area contributed by atoms with Gasteiger partial charge in [-0.1, -0.05) is 44.2 Å². The van der Waals surface area contributed by atoms with Gasteiger partial charge in [0.25, 0.3) is 5.91 Å². The topological polar surface area (TPSA) is 84.5 Å². The second-order valence-electron chi connectivity index (χ2n) is 9.05. The van der Waals surface area contributed by atoms with Gasteiger partial charge in [-0.05, 0) is 60.4 Å². The van der Waals surface area contributed by atoms with Crippen molar-refractivity contribution < 1.29 is 17.9 Å². The maximum Gasteiger partial charge on any atom is 0.251 e. The molecule has 1 aliphatic heterocycles. The van der Waals surface area contributed by atoms with Crippen LogP contribution in [0.5, 0.6) is 0 Å². The number of benzene rings is 2. The molecule has 0 aromatic heterocycles. The van der Waals surface area contributed by atoms with Crippen LogP contribution in [0, 0.1) is 0 Å². The van der Waals surface area contributed by atoms with Crippen molar-refractivity contribution in [1.29, 1.82) is 0 Å². The van der Waals surface area contributed by atoms with Crippen molar-refractivity contribution in [2.24, 2.45) is 0 Å². The number of carbonyl (C=O) groups excluding carboxylic acids is 1. The van der Waals surface area contributed by atoms with Gasteiger partial charge in [-0.25, -0.2) is 13.1 Å². The minimum atomic E-state index is -3.71. The summed E-state index contributed by atoms with van der Waals surface area (Å²) < 4.78 is 33.5. The summed E-state index contributed by atoms with van der Waals surface area (Å²) in [4.78, 5) is 13.1. The molecular formula is C24H30N2O4S. The number of carbonyl (C=O) groups is 1. The van der Waals surface area contributed by atoms with Crippen molar-refractivity contribution in [2.45, 2.75) is 62.0 Å². The zero-order valence-electron chi connectivity index (χ0n) is 18.1. The van der Waals surface area contributed by atoms with Crippen molar-refractivity contribution in [1.82, 2.24) is 10.0 Å². The highest BCUT2D eigenvalue weighted by Gasteiger charge is 2.33. The summed E-state index contributed by atoms with van der Waals surface area (Å²) in [6.45, 7) is 5.36. The molecule has 2 aromatic rings. The quantitative estimate of drug-likeness (QED) is 0.715. The van der Waals surface area contributed by atoms with Crippen molar-refractivity contribution in [3.8, 4) is 0 Å². The Morgan fingerprint density at radius 2 is 1.94 bits per heavy atom. The Bertz CT molecular complexity index is 1060. The lowest BCUT2D eigenvalue weighted by Crippen LogP contribution is -2.36. The van der Waals surface area contributed by atoms with Crippen LogP contribution in [0.2, 0.25) is 0 Å². The molecular weight excluding hydrogens is 412 g/mol. The highest BCUT2D eigenvalue weighted by Crippen LogP contribution is 2.41. The molecule has 2 aromatic carbocycles. The molecule has 1 fully saturated rings. The third kappa shape index (κ3) is 4.84. The Morgan fingerprint density at radius 3 is 2.71 bits per heavy atom. The van der Waals surface area contributed by atoms with Gasteiger partial charge in [-0.2, -0.15) is 0 Å². The van der Waals surface area contributed by atoms with E-state index in [0.717, 1.165) is 31.2 Å². The summed E-state index contributed by atoms with van der Waals surface area (Å²) in [6.07, 6.45) is 3.53. The van der Waals surface area contributed by atoms with E-state index in [0.29, 0.717) is 12.2 Å². The summed E-state index contributed by atoms with van der Waals surface area (Å²) in [5.74, 6) is -0.268. The minimum absolute atomic E-state index is 0.0700. The molecule has 1 heterocycles. The second-order valence-corrected chi connectivity index (χ2v) is 10.8. The highest BCUT2D eigenvalue weighted by atomic mass is 32.2. The van der Waals surface area contributed by atoms with Crippen LogP contribution in [0.4, 0.5) is 0 Å². The van der Waals surface area contributed by atoms with Crippen molar-refractivity contribution in [3.63, 3.8) is 0 Å². The number of nitrogens with one attached hydrogen (secondary N) is 2. The van der Waals surface area contributed by atoms with E-state index in [1.54, 1.807) is 12.1 Å². The van der Waals surface area contributed by atoms with Gasteiger partial charge in [0.05, 0.1) is 17.0 Å². The molecule has 2 N–H and O–H groups in total. The number of amides is 1. The number of rotatable bonds is 6. The van der Waals surface area contributed by atoms with Gasteiger partial charge >= 0.3 is 0 Å². The van der Waals surface area contributed by atoms with E-state index >= 15 is 0 Å². The van der Waals surface area contributed by atoms with E-state index in [1.165, 1.54) is 17.7 Å². The zero-order valence-corrected chi connectivity index (χ0v) is 18.9. The van der Waals surface area contributed by atoms with E-state index < -0.39 is 10.0 Å². The van der Waals surface area contributed by atoms with E-state index in [-0.39, 0.29) is 34.9 Å². The third-order valence-corrected chi connectivity index (χ3v) is 7.78. The molecule has 2 unspecified atom stereocenters. The fraction of sp³-hybridized carbons (Fsp3) is 0.458. The van der Waals surface area contributed by atoms with Gasteiger partial charge in [0.1, 0.15) is 0 Å². The highest BCUT2D eigenvalue weighted by molar-refractivity contribution is 7.89. The molecule has 0 saturated carbocycles. The SMILES string of the molecule is CC1(C)CCC(NC(=O)c2cccc(S(=O)(=O)NCC3CCCO3)c2)c2ccccc21. The predicted octanol–water partition coefficient (Wildman–Crippen LogP) is 3.69. The van der Waals surface area contributed by atoms with E-state index in [1.807, 2.05) is 12.1 Å². The Hall–Kier alpha value is -2.22. The van der Waals surface area contributed by atoms with Crippen LogP contribution in [-0.4, -0.2) is 33.6 Å².